The van der Waals surface area contributed by atoms with Gasteiger partial charge >= 0.3 is 5.97 Å². The maximum absolute atomic E-state index is 11.2. The second kappa shape index (κ2) is 6.49. The van der Waals surface area contributed by atoms with E-state index >= 15 is 0 Å². The third-order valence-electron chi connectivity index (χ3n) is 2.59. The van der Waals surface area contributed by atoms with E-state index in [-0.39, 0.29) is 5.97 Å². The van der Waals surface area contributed by atoms with E-state index in [0.29, 0.717) is 12.5 Å². The normalized spacial score (nSPS) is 22.8. The number of carbonyl (C=O) groups is 1. The molecule has 0 aromatic rings. The maximum atomic E-state index is 11.2. The highest BCUT2D eigenvalue weighted by Gasteiger charge is 2.23. The number of esters is 1. The quantitative estimate of drug-likeness (QED) is 0.519. The maximum Gasteiger partial charge on any atom is 0.334 e. The highest BCUT2D eigenvalue weighted by molar-refractivity contribution is 5.82. The van der Waals surface area contributed by atoms with Crippen molar-refractivity contribution in [3.05, 3.63) is 11.8 Å². The van der Waals surface area contributed by atoms with Gasteiger partial charge in [-0.15, -0.1) is 0 Å². The van der Waals surface area contributed by atoms with Gasteiger partial charge in [-0.2, -0.15) is 0 Å². The molecule has 1 aliphatic heterocycles. The first-order valence-corrected chi connectivity index (χ1v) is 5.79. The minimum Gasteiger partial charge on any atom is -0.497 e. The van der Waals surface area contributed by atoms with Gasteiger partial charge in [-0.1, -0.05) is 19.8 Å². The summed E-state index contributed by atoms with van der Waals surface area (Å²) in [7, 11) is 0. The molecule has 0 radical (unpaired) electrons. The first kappa shape index (κ1) is 12.1. The second-order valence-electron chi connectivity index (χ2n) is 3.78. The summed E-state index contributed by atoms with van der Waals surface area (Å²) in [5.74, 6) is 0.965. The van der Waals surface area contributed by atoms with Crippen LogP contribution in [0, 0.1) is 5.92 Å². The van der Waals surface area contributed by atoms with Gasteiger partial charge in [0, 0.05) is 5.92 Å². The van der Waals surface area contributed by atoms with Crippen LogP contribution in [0.4, 0.5) is 0 Å². The van der Waals surface area contributed by atoms with E-state index in [0.717, 1.165) is 25.2 Å². The first-order chi connectivity index (χ1) is 7.27. The van der Waals surface area contributed by atoms with Crippen LogP contribution in [0.5, 0.6) is 0 Å². The van der Waals surface area contributed by atoms with Crippen LogP contribution >= 0.6 is 0 Å². The number of hydrogen-bond donors (Lipinski definition) is 0. The Bertz CT molecular complexity index is 233. The molecule has 0 saturated carbocycles. The number of carbonyl (C=O) groups excluding carboxylic acids is 1. The smallest absolute Gasteiger partial charge is 0.334 e. The van der Waals surface area contributed by atoms with Crippen molar-refractivity contribution in [2.24, 2.45) is 5.92 Å². The van der Waals surface area contributed by atoms with E-state index < -0.39 is 0 Å². The standard InChI is InChI=1S/C12H20O3/c1-3-5-6-10-7-8-15-11(10)9-12(13)14-4-2/h9-10H,3-8H2,1-2H3/b11-9+. The minimum atomic E-state index is -0.282. The molecule has 15 heavy (non-hydrogen) atoms. The predicted octanol–water partition coefficient (Wildman–Crippen LogP) is 2.66. The lowest BCUT2D eigenvalue weighted by atomic mass is 9.98. The zero-order valence-corrected chi connectivity index (χ0v) is 9.62. The summed E-state index contributed by atoms with van der Waals surface area (Å²) in [4.78, 5) is 11.2. The third-order valence-corrected chi connectivity index (χ3v) is 2.59. The summed E-state index contributed by atoms with van der Waals surface area (Å²) in [6, 6.07) is 0. The molecule has 1 atom stereocenters. The fourth-order valence-electron chi connectivity index (χ4n) is 1.78. The predicted molar refractivity (Wildman–Crippen MR) is 58.3 cm³/mol. The van der Waals surface area contributed by atoms with Gasteiger partial charge < -0.3 is 9.47 Å². The number of unbranched alkanes of at least 4 members (excludes halogenated alkanes) is 1. The lowest BCUT2D eigenvalue weighted by Gasteiger charge is -2.08. The molecule has 86 valence electrons. The molecule has 1 fully saturated rings. The third kappa shape index (κ3) is 3.94. The largest absolute Gasteiger partial charge is 0.497 e. The van der Waals surface area contributed by atoms with Crippen molar-refractivity contribution in [2.45, 2.75) is 39.5 Å². The highest BCUT2D eigenvalue weighted by atomic mass is 16.5. The van der Waals surface area contributed by atoms with Crippen molar-refractivity contribution >= 4 is 5.97 Å². The van der Waals surface area contributed by atoms with Crippen molar-refractivity contribution in [3.8, 4) is 0 Å². The van der Waals surface area contributed by atoms with Crippen molar-refractivity contribution in [1.29, 1.82) is 0 Å². The van der Waals surface area contributed by atoms with E-state index in [1.165, 1.54) is 18.9 Å². The molecule has 0 aromatic carbocycles. The zero-order chi connectivity index (χ0) is 11.1. The molecule has 1 heterocycles. The summed E-state index contributed by atoms with van der Waals surface area (Å²) in [5, 5.41) is 0. The van der Waals surface area contributed by atoms with Crippen molar-refractivity contribution in [2.75, 3.05) is 13.2 Å². The summed E-state index contributed by atoms with van der Waals surface area (Å²) in [5.41, 5.74) is 0. The molecule has 0 bridgehead atoms. The Kier molecular flexibility index (Phi) is 5.22. The summed E-state index contributed by atoms with van der Waals surface area (Å²) in [6.07, 6.45) is 6.03. The fourth-order valence-corrected chi connectivity index (χ4v) is 1.78. The van der Waals surface area contributed by atoms with Gasteiger partial charge in [0.05, 0.1) is 19.3 Å². The Hall–Kier alpha value is -0.990. The molecule has 0 aromatic heterocycles. The van der Waals surface area contributed by atoms with Gasteiger partial charge in [0.2, 0.25) is 0 Å². The van der Waals surface area contributed by atoms with E-state index in [9.17, 15) is 4.79 Å². The van der Waals surface area contributed by atoms with Gasteiger partial charge in [0.15, 0.2) is 0 Å². The average molecular weight is 212 g/mol. The molecular weight excluding hydrogens is 192 g/mol. The summed E-state index contributed by atoms with van der Waals surface area (Å²) in [6.45, 7) is 5.13. The molecule has 0 spiro atoms. The minimum absolute atomic E-state index is 0.282. The van der Waals surface area contributed by atoms with Gasteiger partial charge in [-0.25, -0.2) is 4.79 Å². The number of rotatable bonds is 5. The molecule has 0 N–H and O–H groups in total. The van der Waals surface area contributed by atoms with Crippen LogP contribution in [-0.4, -0.2) is 19.2 Å². The van der Waals surface area contributed by atoms with Gasteiger partial charge in [0.1, 0.15) is 5.76 Å². The molecule has 0 aliphatic carbocycles. The Balaban J connectivity index is 2.47. The average Bonchev–Trinajstić information content (AvgIpc) is 2.63. The lowest BCUT2D eigenvalue weighted by molar-refractivity contribution is -0.137. The van der Waals surface area contributed by atoms with E-state index in [4.69, 9.17) is 9.47 Å². The SMILES string of the molecule is CCCCC1CCO/C1=C/C(=O)OCC. The van der Waals surface area contributed by atoms with Gasteiger partial charge in [-0.3, -0.25) is 0 Å². The van der Waals surface area contributed by atoms with Crippen LogP contribution in [-0.2, 0) is 14.3 Å². The molecule has 1 saturated heterocycles. The monoisotopic (exact) mass is 212 g/mol. The van der Waals surface area contributed by atoms with Crippen molar-refractivity contribution < 1.29 is 14.3 Å². The van der Waals surface area contributed by atoms with E-state index in [2.05, 4.69) is 6.92 Å². The molecule has 3 nitrogen and oxygen atoms in total. The molecule has 1 aliphatic rings. The van der Waals surface area contributed by atoms with Crippen LogP contribution in [0.15, 0.2) is 11.8 Å². The molecule has 3 heteroatoms. The summed E-state index contributed by atoms with van der Waals surface area (Å²) >= 11 is 0. The molecule has 1 unspecified atom stereocenters. The Morgan fingerprint density at radius 2 is 2.40 bits per heavy atom. The van der Waals surface area contributed by atoms with Crippen LogP contribution in [0.2, 0.25) is 0 Å². The summed E-state index contributed by atoms with van der Waals surface area (Å²) < 4.78 is 10.3. The van der Waals surface area contributed by atoms with Crippen LogP contribution in [0.1, 0.15) is 39.5 Å². The molecule has 0 amide bonds. The lowest BCUT2D eigenvalue weighted by Crippen LogP contribution is -2.04. The van der Waals surface area contributed by atoms with Crippen LogP contribution < -0.4 is 0 Å². The Morgan fingerprint density at radius 3 is 3.07 bits per heavy atom. The van der Waals surface area contributed by atoms with E-state index in [1.807, 2.05) is 0 Å². The number of ether oxygens (including phenoxy) is 2. The highest BCUT2D eigenvalue weighted by Crippen LogP contribution is 2.29. The van der Waals surface area contributed by atoms with Gasteiger partial charge in [0.25, 0.3) is 0 Å². The van der Waals surface area contributed by atoms with Gasteiger partial charge in [-0.05, 0) is 19.8 Å². The van der Waals surface area contributed by atoms with E-state index in [1.54, 1.807) is 6.92 Å². The molecular formula is C12H20O3. The first-order valence-electron chi connectivity index (χ1n) is 5.79. The van der Waals surface area contributed by atoms with Crippen molar-refractivity contribution in [3.63, 3.8) is 0 Å². The number of allylic oxidation sites excluding steroid dienone is 1. The van der Waals surface area contributed by atoms with Crippen molar-refractivity contribution in [1.82, 2.24) is 0 Å². The van der Waals surface area contributed by atoms with Crippen LogP contribution in [0.3, 0.4) is 0 Å². The Labute approximate surface area is 91.4 Å². The Morgan fingerprint density at radius 1 is 1.60 bits per heavy atom. The molecule has 1 rings (SSSR count). The second-order valence-corrected chi connectivity index (χ2v) is 3.78. The topological polar surface area (TPSA) is 35.5 Å². The zero-order valence-electron chi connectivity index (χ0n) is 9.62. The fraction of sp³-hybridized carbons (Fsp3) is 0.750. The number of hydrogen-bond acceptors (Lipinski definition) is 3. The van der Waals surface area contributed by atoms with Crippen LogP contribution in [0.25, 0.3) is 0 Å².